The zero-order valence-electron chi connectivity index (χ0n) is 16.4. The maximum Gasteiger partial charge on any atom is 0.257 e. The van der Waals surface area contributed by atoms with Crippen molar-refractivity contribution in [3.8, 4) is 0 Å². The van der Waals surface area contributed by atoms with E-state index in [-0.39, 0.29) is 5.91 Å². The second kappa shape index (κ2) is 8.09. The summed E-state index contributed by atoms with van der Waals surface area (Å²) in [6.45, 7) is 6.21. The van der Waals surface area contributed by atoms with E-state index in [0.29, 0.717) is 11.5 Å². The molecule has 1 saturated heterocycles. The molecule has 1 atom stereocenters. The van der Waals surface area contributed by atoms with Crippen molar-refractivity contribution in [1.82, 2.24) is 9.97 Å². The number of thiophene rings is 1. The second-order valence-corrected chi connectivity index (χ2v) is 9.37. The maximum atomic E-state index is 13.2. The largest absolute Gasteiger partial charge is 0.356 e. The van der Waals surface area contributed by atoms with E-state index in [1.807, 2.05) is 37.4 Å². The van der Waals surface area contributed by atoms with Crippen LogP contribution in [-0.4, -0.2) is 35.2 Å². The minimum atomic E-state index is -0.0943. The van der Waals surface area contributed by atoms with E-state index in [1.165, 1.54) is 6.42 Å². The van der Waals surface area contributed by atoms with Crippen molar-refractivity contribution < 1.29 is 4.79 Å². The lowest BCUT2D eigenvalue weighted by Gasteiger charge is -2.32. The molecule has 7 heteroatoms. The molecule has 3 aromatic rings. The summed E-state index contributed by atoms with van der Waals surface area (Å²) >= 11 is 3.22. The van der Waals surface area contributed by atoms with Crippen LogP contribution in [0.25, 0.3) is 10.2 Å². The van der Waals surface area contributed by atoms with Gasteiger partial charge in [-0.3, -0.25) is 4.79 Å². The van der Waals surface area contributed by atoms with Gasteiger partial charge < -0.3 is 10.2 Å². The lowest BCUT2D eigenvalue weighted by atomic mass is 10.00. The molecule has 1 aliphatic heterocycles. The first-order valence-electron chi connectivity index (χ1n) is 9.51. The number of nitrogens with one attached hydrogen (secondary N) is 1. The molecular weight excluding hydrogens is 388 g/mol. The molecule has 0 radical (unpaired) electrons. The van der Waals surface area contributed by atoms with Crippen LogP contribution in [0.2, 0.25) is 0 Å². The Morgan fingerprint density at radius 3 is 3.00 bits per heavy atom. The quantitative estimate of drug-likeness (QED) is 0.596. The molecule has 1 aliphatic rings. The molecule has 4 rings (SSSR count). The molecule has 0 aliphatic carbocycles. The third-order valence-electron chi connectivity index (χ3n) is 5.16. The molecule has 1 amide bonds. The van der Waals surface area contributed by atoms with Gasteiger partial charge in [0.05, 0.1) is 10.9 Å². The van der Waals surface area contributed by atoms with Crippen LogP contribution in [0.5, 0.6) is 0 Å². The molecule has 3 heterocycles. The van der Waals surface area contributed by atoms with Gasteiger partial charge in [0.25, 0.3) is 5.91 Å². The van der Waals surface area contributed by atoms with Crippen LogP contribution < -0.4 is 10.2 Å². The SMILES string of the molecule is CSc1cccc(NC(=O)c2c(C)sc3ncnc(N4CCCC(C)C4)c23)c1. The van der Waals surface area contributed by atoms with Gasteiger partial charge in [0.2, 0.25) is 0 Å². The fourth-order valence-electron chi connectivity index (χ4n) is 3.82. The summed E-state index contributed by atoms with van der Waals surface area (Å²) in [5, 5.41) is 3.96. The van der Waals surface area contributed by atoms with Crippen LogP contribution in [0.15, 0.2) is 35.5 Å². The molecule has 0 bridgehead atoms. The Bertz CT molecular complexity index is 1020. The number of fused-ring (bicyclic) bond motifs is 1. The highest BCUT2D eigenvalue weighted by Crippen LogP contribution is 2.36. The first-order chi connectivity index (χ1) is 13.6. The van der Waals surface area contributed by atoms with E-state index in [0.717, 1.165) is 51.0 Å². The smallest absolute Gasteiger partial charge is 0.257 e. The Kier molecular flexibility index (Phi) is 5.55. The number of benzene rings is 1. The minimum absolute atomic E-state index is 0.0943. The molecule has 146 valence electrons. The average Bonchev–Trinajstić information content (AvgIpc) is 3.04. The van der Waals surface area contributed by atoms with Crippen molar-refractivity contribution in [3.05, 3.63) is 41.0 Å². The van der Waals surface area contributed by atoms with Crippen molar-refractivity contribution >= 4 is 50.7 Å². The lowest BCUT2D eigenvalue weighted by Crippen LogP contribution is -2.35. The molecule has 1 unspecified atom stereocenters. The number of carbonyl (C=O) groups excluding carboxylic acids is 1. The first kappa shape index (κ1) is 19.2. The number of thioether (sulfide) groups is 1. The summed E-state index contributed by atoms with van der Waals surface area (Å²) in [4.78, 5) is 27.6. The van der Waals surface area contributed by atoms with E-state index in [2.05, 4.69) is 27.1 Å². The van der Waals surface area contributed by atoms with Gasteiger partial charge >= 0.3 is 0 Å². The van der Waals surface area contributed by atoms with E-state index in [4.69, 9.17) is 0 Å². The van der Waals surface area contributed by atoms with Crippen LogP contribution in [0.1, 0.15) is 35.0 Å². The Morgan fingerprint density at radius 2 is 2.21 bits per heavy atom. The number of amides is 1. The summed E-state index contributed by atoms with van der Waals surface area (Å²) in [6.07, 6.45) is 6.04. The van der Waals surface area contributed by atoms with Gasteiger partial charge in [-0.15, -0.1) is 23.1 Å². The predicted molar refractivity (Wildman–Crippen MR) is 119 cm³/mol. The number of hydrogen-bond acceptors (Lipinski definition) is 6. The lowest BCUT2D eigenvalue weighted by molar-refractivity contribution is 0.102. The van der Waals surface area contributed by atoms with Crippen LogP contribution in [0.3, 0.4) is 0 Å². The van der Waals surface area contributed by atoms with E-state index in [9.17, 15) is 4.79 Å². The van der Waals surface area contributed by atoms with Crippen LogP contribution in [-0.2, 0) is 0 Å². The zero-order valence-corrected chi connectivity index (χ0v) is 18.0. The van der Waals surface area contributed by atoms with Crippen molar-refractivity contribution in [1.29, 1.82) is 0 Å². The van der Waals surface area contributed by atoms with Gasteiger partial charge in [-0.05, 0) is 50.1 Å². The van der Waals surface area contributed by atoms with Crippen LogP contribution in [0, 0.1) is 12.8 Å². The fourth-order valence-corrected chi connectivity index (χ4v) is 5.26. The number of nitrogens with zero attached hydrogens (tertiary/aromatic N) is 3. The minimum Gasteiger partial charge on any atom is -0.356 e. The molecule has 0 saturated carbocycles. The summed E-state index contributed by atoms with van der Waals surface area (Å²) in [7, 11) is 0. The zero-order chi connectivity index (χ0) is 19.7. The number of hydrogen-bond donors (Lipinski definition) is 1. The highest BCUT2D eigenvalue weighted by Gasteiger charge is 2.26. The number of rotatable bonds is 4. The molecule has 2 aromatic heterocycles. The number of piperidine rings is 1. The van der Waals surface area contributed by atoms with Gasteiger partial charge in [0.15, 0.2) is 0 Å². The summed E-state index contributed by atoms with van der Waals surface area (Å²) < 4.78 is 0. The molecule has 28 heavy (non-hydrogen) atoms. The van der Waals surface area contributed by atoms with E-state index < -0.39 is 0 Å². The summed E-state index contributed by atoms with van der Waals surface area (Å²) in [5.74, 6) is 1.43. The second-order valence-electron chi connectivity index (χ2n) is 7.29. The van der Waals surface area contributed by atoms with Crippen molar-refractivity contribution in [3.63, 3.8) is 0 Å². The Hall–Kier alpha value is -2.12. The Balaban J connectivity index is 1.73. The van der Waals surface area contributed by atoms with Gasteiger partial charge in [0, 0.05) is 28.5 Å². The van der Waals surface area contributed by atoms with Gasteiger partial charge in [0.1, 0.15) is 17.0 Å². The third-order valence-corrected chi connectivity index (χ3v) is 6.89. The Morgan fingerprint density at radius 1 is 1.36 bits per heavy atom. The van der Waals surface area contributed by atoms with Crippen LogP contribution in [0.4, 0.5) is 11.5 Å². The van der Waals surface area contributed by atoms with Gasteiger partial charge in [-0.25, -0.2) is 9.97 Å². The molecule has 5 nitrogen and oxygen atoms in total. The molecular formula is C21H24N4OS2. The highest BCUT2D eigenvalue weighted by atomic mass is 32.2. The monoisotopic (exact) mass is 412 g/mol. The molecule has 1 N–H and O–H groups in total. The number of aryl methyl sites for hydroxylation is 1. The summed E-state index contributed by atoms with van der Waals surface area (Å²) in [6, 6.07) is 7.92. The standard InChI is InChI=1S/C21H24N4OS2/c1-13-6-5-9-25(11-13)19-18-17(14(2)28-21(18)23-12-22-19)20(26)24-15-7-4-8-16(10-15)27-3/h4,7-8,10,12-13H,5-6,9,11H2,1-3H3,(H,24,26). The number of anilines is 2. The van der Waals surface area contributed by atoms with E-state index in [1.54, 1.807) is 29.4 Å². The van der Waals surface area contributed by atoms with Crippen molar-refractivity contribution in [2.45, 2.75) is 31.6 Å². The highest BCUT2D eigenvalue weighted by molar-refractivity contribution is 7.98. The third kappa shape index (κ3) is 3.73. The van der Waals surface area contributed by atoms with Gasteiger partial charge in [-0.2, -0.15) is 0 Å². The Labute approximate surface area is 173 Å². The van der Waals surface area contributed by atoms with E-state index >= 15 is 0 Å². The normalized spacial score (nSPS) is 17.1. The fraction of sp³-hybridized carbons (Fsp3) is 0.381. The number of carbonyl (C=O) groups is 1. The van der Waals surface area contributed by atoms with Gasteiger partial charge in [-0.1, -0.05) is 13.0 Å². The molecule has 0 spiro atoms. The topological polar surface area (TPSA) is 58.1 Å². The average molecular weight is 413 g/mol. The molecule has 1 aromatic carbocycles. The maximum absolute atomic E-state index is 13.2. The van der Waals surface area contributed by atoms with Crippen LogP contribution >= 0.6 is 23.1 Å². The van der Waals surface area contributed by atoms with Crippen molar-refractivity contribution in [2.75, 3.05) is 29.6 Å². The summed E-state index contributed by atoms with van der Waals surface area (Å²) in [5.41, 5.74) is 1.50. The first-order valence-corrected chi connectivity index (χ1v) is 11.6. The number of aromatic nitrogens is 2. The molecule has 1 fully saturated rings. The van der Waals surface area contributed by atoms with Crippen molar-refractivity contribution in [2.24, 2.45) is 5.92 Å². The predicted octanol–water partition coefficient (Wildman–Crippen LogP) is 5.21.